The molecule has 1 saturated carbocycles. The summed E-state index contributed by atoms with van der Waals surface area (Å²) in [4.78, 5) is 0. The van der Waals surface area contributed by atoms with Gasteiger partial charge in [-0.05, 0) is 37.6 Å². The smallest absolute Gasteiger partial charge is 0.0178 e. The van der Waals surface area contributed by atoms with E-state index in [1.165, 1.54) is 35.7 Å². The second-order valence-electron chi connectivity index (χ2n) is 4.53. The Kier molecular flexibility index (Phi) is 3.47. The predicted molar refractivity (Wildman–Crippen MR) is 68.2 cm³/mol. The molecule has 0 bridgehead atoms. The van der Waals surface area contributed by atoms with E-state index < -0.39 is 0 Å². The van der Waals surface area contributed by atoms with Gasteiger partial charge in [-0.3, -0.25) is 0 Å². The summed E-state index contributed by atoms with van der Waals surface area (Å²) < 4.78 is 1.20. The first kappa shape index (κ1) is 11.2. The zero-order valence-corrected chi connectivity index (χ0v) is 10.8. The van der Waals surface area contributed by atoms with Crippen LogP contribution in [-0.2, 0) is 5.41 Å². The topological polar surface area (TPSA) is 12.0 Å². The van der Waals surface area contributed by atoms with E-state index in [-0.39, 0.29) is 0 Å². The molecule has 1 aromatic carbocycles. The molecule has 1 nitrogen and oxygen atoms in total. The standard InChI is InChI=1S/C13H18BrN/c1-15-10-13(7-2-3-8-13)11-5-4-6-12(14)9-11/h4-6,9,15H,2-3,7-8,10H2,1H3. The summed E-state index contributed by atoms with van der Waals surface area (Å²) >= 11 is 3.56. The summed E-state index contributed by atoms with van der Waals surface area (Å²) in [7, 11) is 2.05. The highest BCUT2D eigenvalue weighted by Crippen LogP contribution is 2.41. The lowest BCUT2D eigenvalue weighted by molar-refractivity contribution is 0.421. The molecule has 2 rings (SSSR count). The van der Waals surface area contributed by atoms with Crippen LogP contribution in [0.2, 0.25) is 0 Å². The van der Waals surface area contributed by atoms with Crippen LogP contribution in [0.15, 0.2) is 28.7 Å². The van der Waals surface area contributed by atoms with Gasteiger partial charge in [-0.2, -0.15) is 0 Å². The van der Waals surface area contributed by atoms with Gasteiger partial charge in [-0.15, -0.1) is 0 Å². The molecule has 1 N–H and O–H groups in total. The van der Waals surface area contributed by atoms with Crippen molar-refractivity contribution in [3.05, 3.63) is 34.3 Å². The minimum absolute atomic E-state index is 0.387. The van der Waals surface area contributed by atoms with Crippen molar-refractivity contribution in [2.45, 2.75) is 31.1 Å². The Balaban J connectivity index is 2.31. The molecule has 0 heterocycles. The minimum Gasteiger partial charge on any atom is -0.319 e. The molecule has 0 unspecified atom stereocenters. The van der Waals surface area contributed by atoms with Crippen LogP contribution in [-0.4, -0.2) is 13.6 Å². The third-order valence-corrected chi connectivity index (χ3v) is 4.01. The van der Waals surface area contributed by atoms with Crippen LogP contribution in [0, 0.1) is 0 Å². The molecule has 0 atom stereocenters. The van der Waals surface area contributed by atoms with Crippen molar-refractivity contribution in [3.8, 4) is 0 Å². The van der Waals surface area contributed by atoms with Gasteiger partial charge in [0.05, 0.1) is 0 Å². The Labute approximate surface area is 100 Å². The van der Waals surface area contributed by atoms with Crippen LogP contribution < -0.4 is 5.32 Å². The average molecular weight is 268 g/mol. The highest BCUT2D eigenvalue weighted by atomic mass is 79.9. The summed E-state index contributed by atoms with van der Waals surface area (Å²) in [5.41, 5.74) is 1.88. The summed E-state index contributed by atoms with van der Waals surface area (Å²) in [5.74, 6) is 0. The third-order valence-electron chi connectivity index (χ3n) is 3.51. The van der Waals surface area contributed by atoms with Gasteiger partial charge in [0.1, 0.15) is 0 Å². The second kappa shape index (κ2) is 4.67. The normalized spacial score (nSPS) is 19.3. The number of hydrogen-bond donors (Lipinski definition) is 1. The van der Waals surface area contributed by atoms with E-state index in [1.54, 1.807) is 0 Å². The summed E-state index contributed by atoms with van der Waals surface area (Å²) in [6.45, 7) is 1.10. The zero-order chi connectivity index (χ0) is 10.7. The molecule has 0 aromatic heterocycles. The van der Waals surface area contributed by atoms with Crippen molar-refractivity contribution in [1.82, 2.24) is 5.32 Å². The van der Waals surface area contributed by atoms with Gasteiger partial charge in [0, 0.05) is 16.4 Å². The Morgan fingerprint density at radius 3 is 2.67 bits per heavy atom. The second-order valence-corrected chi connectivity index (χ2v) is 5.44. The van der Waals surface area contributed by atoms with Crippen molar-refractivity contribution in [3.63, 3.8) is 0 Å². The van der Waals surface area contributed by atoms with E-state index >= 15 is 0 Å². The molecule has 0 radical (unpaired) electrons. The third kappa shape index (κ3) is 2.26. The van der Waals surface area contributed by atoms with Crippen molar-refractivity contribution < 1.29 is 0 Å². The van der Waals surface area contributed by atoms with E-state index in [1.807, 2.05) is 0 Å². The summed E-state index contributed by atoms with van der Waals surface area (Å²) in [6.07, 6.45) is 5.39. The van der Waals surface area contributed by atoms with Gasteiger partial charge in [0.15, 0.2) is 0 Å². The Morgan fingerprint density at radius 1 is 1.33 bits per heavy atom. The lowest BCUT2D eigenvalue weighted by atomic mass is 9.79. The van der Waals surface area contributed by atoms with Crippen molar-refractivity contribution in [2.24, 2.45) is 0 Å². The molecule has 2 heteroatoms. The molecule has 0 saturated heterocycles. The molecule has 0 amide bonds. The van der Waals surface area contributed by atoms with Crippen LogP contribution in [0.5, 0.6) is 0 Å². The molecule has 82 valence electrons. The number of rotatable bonds is 3. The summed E-state index contributed by atoms with van der Waals surface area (Å²) in [6, 6.07) is 8.80. The van der Waals surface area contributed by atoms with Crippen molar-refractivity contribution in [2.75, 3.05) is 13.6 Å². The maximum absolute atomic E-state index is 3.56. The number of hydrogen-bond acceptors (Lipinski definition) is 1. The summed E-state index contributed by atoms with van der Waals surface area (Å²) in [5, 5.41) is 3.35. The molecule has 0 spiro atoms. The Hall–Kier alpha value is -0.340. The van der Waals surface area contributed by atoms with Gasteiger partial charge in [0.25, 0.3) is 0 Å². The zero-order valence-electron chi connectivity index (χ0n) is 9.22. The van der Waals surface area contributed by atoms with E-state index in [9.17, 15) is 0 Å². The fourth-order valence-electron chi connectivity index (χ4n) is 2.78. The fourth-order valence-corrected chi connectivity index (χ4v) is 3.18. The fraction of sp³-hybridized carbons (Fsp3) is 0.538. The van der Waals surface area contributed by atoms with Crippen LogP contribution in [0.25, 0.3) is 0 Å². The Morgan fingerprint density at radius 2 is 2.07 bits per heavy atom. The van der Waals surface area contributed by atoms with Crippen molar-refractivity contribution >= 4 is 15.9 Å². The van der Waals surface area contributed by atoms with Crippen LogP contribution in [0.4, 0.5) is 0 Å². The molecular formula is C13H18BrN. The average Bonchev–Trinajstić information content (AvgIpc) is 2.68. The maximum Gasteiger partial charge on any atom is 0.0178 e. The van der Waals surface area contributed by atoms with E-state index in [4.69, 9.17) is 0 Å². The SMILES string of the molecule is CNCC1(c2cccc(Br)c2)CCCC1. The van der Waals surface area contributed by atoms with E-state index in [2.05, 4.69) is 52.6 Å². The van der Waals surface area contributed by atoms with Gasteiger partial charge < -0.3 is 5.32 Å². The number of nitrogens with one attached hydrogen (secondary N) is 1. The quantitative estimate of drug-likeness (QED) is 0.885. The van der Waals surface area contributed by atoms with Crippen LogP contribution in [0.1, 0.15) is 31.2 Å². The van der Waals surface area contributed by atoms with Gasteiger partial charge >= 0.3 is 0 Å². The number of benzene rings is 1. The minimum atomic E-state index is 0.387. The molecule has 1 fully saturated rings. The van der Waals surface area contributed by atoms with Gasteiger partial charge in [-0.25, -0.2) is 0 Å². The highest BCUT2D eigenvalue weighted by Gasteiger charge is 2.34. The first-order valence-corrected chi connectivity index (χ1v) is 6.47. The molecule has 1 aliphatic carbocycles. The maximum atomic E-state index is 3.56. The van der Waals surface area contributed by atoms with Gasteiger partial charge in [0.2, 0.25) is 0 Å². The van der Waals surface area contributed by atoms with Crippen molar-refractivity contribution in [1.29, 1.82) is 0 Å². The largest absolute Gasteiger partial charge is 0.319 e. The Bertz CT molecular complexity index is 329. The lowest BCUT2D eigenvalue weighted by Gasteiger charge is -2.29. The van der Waals surface area contributed by atoms with Gasteiger partial charge in [-0.1, -0.05) is 40.9 Å². The highest BCUT2D eigenvalue weighted by molar-refractivity contribution is 9.10. The van der Waals surface area contributed by atoms with E-state index in [0.29, 0.717) is 5.41 Å². The molecule has 1 aliphatic rings. The van der Waals surface area contributed by atoms with Crippen LogP contribution >= 0.6 is 15.9 Å². The first-order chi connectivity index (χ1) is 7.27. The first-order valence-electron chi connectivity index (χ1n) is 5.67. The molecule has 1 aromatic rings. The predicted octanol–water partition coefficient (Wildman–Crippen LogP) is 3.48. The monoisotopic (exact) mass is 267 g/mol. The molecular weight excluding hydrogens is 250 g/mol. The molecule has 15 heavy (non-hydrogen) atoms. The molecule has 0 aliphatic heterocycles. The number of halogens is 1. The number of likely N-dealkylation sites (N-methyl/N-ethyl adjacent to an activating group) is 1. The van der Waals surface area contributed by atoms with Crippen LogP contribution in [0.3, 0.4) is 0 Å². The van der Waals surface area contributed by atoms with E-state index in [0.717, 1.165) is 6.54 Å². The lowest BCUT2D eigenvalue weighted by Crippen LogP contribution is -2.34.